The molecule has 1 aromatic carbocycles. The molecule has 84 valence electrons. The van der Waals surface area contributed by atoms with Gasteiger partial charge in [0.15, 0.2) is 5.58 Å². The minimum absolute atomic E-state index is 0.589. The first kappa shape index (κ1) is 10.4. The highest BCUT2D eigenvalue weighted by Crippen LogP contribution is 2.33. The van der Waals surface area contributed by atoms with Crippen LogP contribution >= 0.6 is 11.6 Å². The van der Waals surface area contributed by atoms with Crippen molar-refractivity contribution in [1.29, 1.82) is 0 Å². The number of furan rings is 1. The van der Waals surface area contributed by atoms with Gasteiger partial charge in [-0.25, -0.2) is 0 Å². The van der Waals surface area contributed by atoms with Gasteiger partial charge in [0, 0.05) is 17.8 Å². The van der Waals surface area contributed by atoms with Crippen LogP contribution in [0.4, 0.5) is 0 Å². The van der Waals surface area contributed by atoms with Gasteiger partial charge in [-0.1, -0.05) is 41.9 Å². The van der Waals surface area contributed by atoms with Gasteiger partial charge in [0.25, 0.3) is 0 Å². The van der Waals surface area contributed by atoms with E-state index in [4.69, 9.17) is 16.0 Å². The lowest BCUT2D eigenvalue weighted by molar-refractivity contribution is 0.579. The van der Waals surface area contributed by atoms with Crippen LogP contribution in [0.25, 0.3) is 22.2 Å². The van der Waals surface area contributed by atoms with E-state index in [0.29, 0.717) is 5.02 Å². The van der Waals surface area contributed by atoms with E-state index < -0.39 is 0 Å². The van der Waals surface area contributed by atoms with E-state index >= 15 is 0 Å². The third-order valence-corrected chi connectivity index (χ3v) is 2.94. The first-order valence-electron chi connectivity index (χ1n) is 5.36. The van der Waals surface area contributed by atoms with Crippen LogP contribution in [0.5, 0.6) is 0 Å². The van der Waals surface area contributed by atoms with E-state index in [9.17, 15) is 0 Å². The molecule has 0 atom stereocenters. The van der Waals surface area contributed by atoms with Gasteiger partial charge in [0.05, 0.1) is 5.02 Å². The Morgan fingerprint density at radius 3 is 2.71 bits per heavy atom. The number of rotatable bonds is 1. The first-order valence-corrected chi connectivity index (χ1v) is 5.73. The highest BCUT2D eigenvalue weighted by atomic mass is 35.5. The van der Waals surface area contributed by atoms with E-state index in [1.165, 1.54) is 0 Å². The van der Waals surface area contributed by atoms with Crippen molar-refractivity contribution in [2.24, 2.45) is 0 Å². The molecule has 3 heteroatoms. The second-order valence-electron chi connectivity index (χ2n) is 3.90. The molecular formula is C14H10ClNO. The summed E-state index contributed by atoms with van der Waals surface area (Å²) < 4.78 is 5.69. The Morgan fingerprint density at radius 2 is 1.94 bits per heavy atom. The molecule has 0 spiro atoms. The van der Waals surface area contributed by atoms with Gasteiger partial charge < -0.3 is 4.42 Å². The molecule has 0 unspecified atom stereocenters. The van der Waals surface area contributed by atoms with Crippen LogP contribution in [-0.2, 0) is 0 Å². The van der Waals surface area contributed by atoms with Gasteiger partial charge >= 0.3 is 0 Å². The highest BCUT2D eigenvalue weighted by molar-refractivity contribution is 6.31. The summed E-state index contributed by atoms with van der Waals surface area (Å²) in [6.45, 7) is 1.94. The smallest absolute Gasteiger partial charge is 0.154 e. The molecule has 0 N–H and O–H groups in total. The lowest BCUT2D eigenvalue weighted by atomic mass is 10.1. The maximum Gasteiger partial charge on any atom is 0.154 e. The number of nitrogens with zero attached hydrogens (tertiary/aromatic N) is 1. The van der Waals surface area contributed by atoms with Crippen molar-refractivity contribution >= 4 is 22.7 Å². The Labute approximate surface area is 104 Å². The van der Waals surface area contributed by atoms with Crippen LogP contribution in [0.3, 0.4) is 0 Å². The lowest BCUT2D eigenvalue weighted by Crippen LogP contribution is -1.80. The molecule has 0 aliphatic carbocycles. The van der Waals surface area contributed by atoms with Crippen LogP contribution in [0, 0.1) is 6.92 Å². The largest absolute Gasteiger partial charge is 0.459 e. The number of pyridine rings is 1. The molecule has 0 saturated carbocycles. The van der Waals surface area contributed by atoms with Gasteiger partial charge in [0.2, 0.25) is 0 Å². The summed E-state index contributed by atoms with van der Waals surface area (Å²) >= 11 is 5.90. The molecule has 0 radical (unpaired) electrons. The number of fused-ring (bicyclic) bond motifs is 1. The molecule has 0 bridgehead atoms. The first-order chi connectivity index (χ1) is 8.25. The van der Waals surface area contributed by atoms with Gasteiger partial charge in [-0.05, 0) is 12.5 Å². The molecule has 0 saturated heterocycles. The summed E-state index contributed by atoms with van der Waals surface area (Å²) in [7, 11) is 0. The topological polar surface area (TPSA) is 26.0 Å². The number of aryl methyl sites for hydroxylation is 1. The number of aromatic nitrogens is 1. The number of benzene rings is 1. The minimum atomic E-state index is 0.589. The van der Waals surface area contributed by atoms with Crippen molar-refractivity contribution in [3.05, 3.63) is 53.4 Å². The zero-order valence-electron chi connectivity index (χ0n) is 9.27. The average molecular weight is 244 g/mol. The van der Waals surface area contributed by atoms with Crippen LogP contribution < -0.4 is 0 Å². The Hall–Kier alpha value is -1.80. The summed E-state index contributed by atoms with van der Waals surface area (Å²) in [5.41, 5.74) is 3.74. The second-order valence-corrected chi connectivity index (χ2v) is 4.34. The van der Waals surface area contributed by atoms with Crippen molar-refractivity contribution in [2.45, 2.75) is 6.92 Å². The van der Waals surface area contributed by atoms with Crippen LogP contribution in [0.15, 0.2) is 47.0 Å². The fraction of sp³-hybridized carbons (Fsp3) is 0.0714. The summed E-state index contributed by atoms with van der Waals surface area (Å²) in [6, 6.07) is 11.9. The molecule has 0 aliphatic rings. The number of halogens is 1. The quantitative estimate of drug-likeness (QED) is 0.631. The maximum atomic E-state index is 5.90. The van der Waals surface area contributed by atoms with Crippen molar-refractivity contribution in [1.82, 2.24) is 4.98 Å². The Kier molecular flexibility index (Phi) is 2.37. The van der Waals surface area contributed by atoms with Gasteiger partial charge in [-0.3, -0.25) is 4.98 Å². The Morgan fingerprint density at radius 1 is 1.18 bits per heavy atom. The fourth-order valence-corrected chi connectivity index (χ4v) is 2.16. The van der Waals surface area contributed by atoms with E-state index in [1.807, 2.05) is 37.3 Å². The summed E-state index contributed by atoms with van der Waals surface area (Å²) in [4.78, 5) is 4.35. The normalized spacial score (nSPS) is 10.9. The van der Waals surface area contributed by atoms with E-state index in [1.54, 1.807) is 12.3 Å². The predicted octanol–water partition coefficient (Wildman–Crippen LogP) is 4.46. The number of hydrogen-bond donors (Lipinski definition) is 0. The summed E-state index contributed by atoms with van der Waals surface area (Å²) in [5, 5.41) is 0.589. The van der Waals surface area contributed by atoms with E-state index in [-0.39, 0.29) is 0 Å². The van der Waals surface area contributed by atoms with Crippen LogP contribution in [0.2, 0.25) is 5.02 Å². The van der Waals surface area contributed by atoms with Gasteiger partial charge in [-0.2, -0.15) is 0 Å². The third kappa shape index (κ3) is 1.71. The Bertz CT molecular complexity index is 673. The molecule has 2 nitrogen and oxygen atoms in total. The zero-order chi connectivity index (χ0) is 11.8. The second kappa shape index (κ2) is 3.90. The summed E-state index contributed by atoms with van der Waals surface area (Å²) in [5.74, 6) is 0.862. The number of hydrogen-bond acceptors (Lipinski definition) is 2. The molecule has 3 rings (SSSR count). The molecule has 2 aromatic heterocycles. The lowest BCUT2D eigenvalue weighted by Gasteiger charge is -1.98. The average Bonchev–Trinajstić information content (AvgIpc) is 2.65. The maximum absolute atomic E-state index is 5.90. The van der Waals surface area contributed by atoms with Crippen molar-refractivity contribution in [3.63, 3.8) is 0 Å². The van der Waals surface area contributed by atoms with Crippen molar-refractivity contribution in [3.8, 4) is 11.1 Å². The van der Waals surface area contributed by atoms with Crippen LogP contribution in [0.1, 0.15) is 5.76 Å². The fourth-order valence-electron chi connectivity index (χ4n) is 2.01. The molecule has 0 fully saturated rings. The molecular weight excluding hydrogens is 234 g/mol. The van der Waals surface area contributed by atoms with Crippen molar-refractivity contribution in [2.75, 3.05) is 0 Å². The van der Waals surface area contributed by atoms with Gasteiger partial charge in [-0.15, -0.1) is 0 Å². The SMILES string of the molecule is Cc1oc2cc(Cl)cnc2c1-c1ccccc1. The monoisotopic (exact) mass is 243 g/mol. The molecule has 3 aromatic rings. The minimum Gasteiger partial charge on any atom is -0.459 e. The van der Waals surface area contributed by atoms with Crippen LogP contribution in [-0.4, -0.2) is 4.98 Å². The predicted molar refractivity (Wildman–Crippen MR) is 69.2 cm³/mol. The standard InChI is InChI=1S/C14H10ClNO/c1-9-13(10-5-3-2-4-6-10)14-12(17-9)7-11(15)8-16-14/h2-8H,1H3. The summed E-state index contributed by atoms with van der Waals surface area (Å²) in [6.07, 6.45) is 1.64. The van der Waals surface area contributed by atoms with E-state index in [0.717, 1.165) is 28.0 Å². The molecule has 0 amide bonds. The highest BCUT2D eigenvalue weighted by Gasteiger charge is 2.13. The zero-order valence-corrected chi connectivity index (χ0v) is 10.0. The Balaban J connectivity index is 2.33. The molecule has 0 aliphatic heterocycles. The molecule has 2 heterocycles. The third-order valence-electron chi connectivity index (χ3n) is 2.73. The van der Waals surface area contributed by atoms with E-state index in [2.05, 4.69) is 4.98 Å². The van der Waals surface area contributed by atoms with Gasteiger partial charge in [0.1, 0.15) is 11.3 Å². The molecule has 17 heavy (non-hydrogen) atoms. The van der Waals surface area contributed by atoms with Crippen molar-refractivity contribution < 1.29 is 4.42 Å².